The fourth-order valence-corrected chi connectivity index (χ4v) is 2.19. The summed E-state index contributed by atoms with van der Waals surface area (Å²) in [5.41, 5.74) is 4.49. The van der Waals surface area contributed by atoms with Gasteiger partial charge in [-0.05, 0) is 18.6 Å². The van der Waals surface area contributed by atoms with Crippen molar-refractivity contribution in [2.24, 2.45) is 10.9 Å². The predicted octanol–water partition coefficient (Wildman–Crippen LogP) is 1.97. The van der Waals surface area contributed by atoms with Crippen molar-refractivity contribution in [3.8, 4) is 0 Å². The molecule has 5 nitrogen and oxygen atoms in total. The summed E-state index contributed by atoms with van der Waals surface area (Å²) in [6, 6.07) is 3.77. The van der Waals surface area contributed by atoms with E-state index in [9.17, 15) is 13.6 Å². The van der Waals surface area contributed by atoms with Crippen LogP contribution in [0.5, 0.6) is 0 Å². The smallest absolute Gasteiger partial charge is 0.354 e. The van der Waals surface area contributed by atoms with Crippen molar-refractivity contribution in [2.75, 3.05) is 13.2 Å². The highest BCUT2D eigenvalue weighted by atomic mass is 35.5. The Bertz CT molecular complexity index is 583. The molecule has 0 amide bonds. The van der Waals surface area contributed by atoms with E-state index in [1.54, 1.807) is 6.92 Å². The van der Waals surface area contributed by atoms with Crippen LogP contribution >= 0.6 is 12.4 Å². The normalized spacial score (nSPS) is 19.9. The van der Waals surface area contributed by atoms with Crippen molar-refractivity contribution in [3.63, 3.8) is 0 Å². The van der Waals surface area contributed by atoms with Crippen LogP contribution < -0.4 is 5.73 Å². The molecular weight excluding hydrogens is 318 g/mol. The molecule has 0 aliphatic carbocycles. The predicted molar refractivity (Wildman–Crippen MR) is 78.9 cm³/mol. The average molecular weight is 335 g/mol. The van der Waals surface area contributed by atoms with Crippen molar-refractivity contribution >= 4 is 24.1 Å². The van der Waals surface area contributed by atoms with Crippen molar-refractivity contribution in [3.05, 3.63) is 35.4 Å². The first-order valence-corrected chi connectivity index (χ1v) is 6.56. The number of oxime groups is 1. The van der Waals surface area contributed by atoms with Gasteiger partial charge in [-0.3, -0.25) is 0 Å². The van der Waals surface area contributed by atoms with Gasteiger partial charge in [-0.25, -0.2) is 13.6 Å². The molecule has 2 N–H and O–H groups in total. The fourth-order valence-electron chi connectivity index (χ4n) is 2.19. The molecule has 1 aromatic rings. The van der Waals surface area contributed by atoms with Crippen molar-refractivity contribution in [2.45, 2.75) is 25.4 Å². The number of carbonyl (C=O) groups is 1. The number of rotatable bonds is 5. The molecule has 8 heteroatoms. The van der Waals surface area contributed by atoms with Crippen LogP contribution in [-0.4, -0.2) is 30.4 Å². The van der Waals surface area contributed by atoms with Gasteiger partial charge in [0.15, 0.2) is 11.6 Å². The van der Waals surface area contributed by atoms with Crippen LogP contribution in [0.25, 0.3) is 0 Å². The van der Waals surface area contributed by atoms with Crippen molar-refractivity contribution in [1.29, 1.82) is 0 Å². The Morgan fingerprint density at radius 1 is 1.50 bits per heavy atom. The molecule has 0 spiro atoms. The van der Waals surface area contributed by atoms with Gasteiger partial charge < -0.3 is 15.3 Å². The van der Waals surface area contributed by atoms with E-state index in [2.05, 4.69) is 5.16 Å². The fraction of sp³-hybridized carbons (Fsp3) is 0.429. The third kappa shape index (κ3) is 3.53. The molecule has 122 valence electrons. The lowest BCUT2D eigenvalue weighted by molar-refractivity contribution is -0.169. The lowest BCUT2D eigenvalue weighted by atomic mass is 9.89. The zero-order chi connectivity index (χ0) is 15.5. The van der Waals surface area contributed by atoms with Crippen LogP contribution in [0.1, 0.15) is 18.9 Å². The van der Waals surface area contributed by atoms with Crippen molar-refractivity contribution in [1.82, 2.24) is 0 Å². The molecular formula is C14H17ClF2N2O3. The number of hydrogen-bond acceptors (Lipinski definition) is 5. The molecule has 1 heterocycles. The van der Waals surface area contributed by atoms with E-state index in [4.69, 9.17) is 15.3 Å². The van der Waals surface area contributed by atoms with Gasteiger partial charge in [0.2, 0.25) is 5.60 Å². The largest absolute Gasteiger partial charge is 0.463 e. The highest BCUT2D eigenvalue weighted by Crippen LogP contribution is 2.31. The van der Waals surface area contributed by atoms with Crippen LogP contribution in [0.4, 0.5) is 8.78 Å². The van der Waals surface area contributed by atoms with E-state index in [1.165, 1.54) is 12.1 Å². The lowest BCUT2D eigenvalue weighted by Gasteiger charge is -2.24. The summed E-state index contributed by atoms with van der Waals surface area (Å²) in [7, 11) is 0. The number of halogens is 3. The molecule has 0 saturated heterocycles. The standard InChI is InChI=1S/C14H16F2N2O3.ClH/c1-2-20-13(19)14(7-10(8-17)18-21-14)6-9-4-3-5-11(15)12(9)16;/h3-5H,2,6-8,17H2,1H3;1H. The Labute approximate surface area is 132 Å². The highest BCUT2D eigenvalue weighted by molar-refractivity contribution is 5.94. The molecule has 0 aromatic heterocycles. The maximum atomic E-state index is 13.8. The number of carbonyl (C=O) groups excluding carboxylic acids is 1. The van der Waals surface area contributed by atoms with Crippen molar-refractivity contribution < 1.29 is 23.1 Å². The van der Waals surface area contributed by atoms with E-state index >= 15 is 0 Å². The molecule has 0 radical (unpaired) electrons. The third-order valence-electron chi connectivity index (χ3n) is 3.23. The molecule has 22 heavy (non-hydrogen) atoms. The van der Waals surface area contributed by atoms with E-state index in [1.807, 2.05) is 0 Å². The topological polar surface area (TPSA) is 73.9 Å². The maximum absolute atomic E-state index is 13.8. The molecule has 0 bridgehead atoms. The summed E-state index contributed by atoms with van der Waals surface area (Å²) in [6.45, 7) is 1.91. The second-order valence-electron chi connectivity index (χ2n) is 4.73. The van der Waals surface area contributed by atoms with Gasteiger partial charge in [-0.1, -0.05) is 17.3 Å². The quantitative estimate of drug-likeness (QED) is 0.835. The Morgan fingerprint density at radius 3 is 2.82 bits per heavy atom. The van der Waals surface area contributed by atoms with E-state index in [0.29, 0.717) is 5.71 Å². The minimum atomic E-state index is -1.49. The van der Waals surface area contributed by atoms with Gasteiger partial charge in [-0.2, -0.15) is 0 Å². The maximum Gasteiger partial charge on any atom is 0.354 e. The number of nitrogens with zero attached hydrogens (tertiary/aromatic N) is 1. The van der Waals surface area contributed by atoms with Crippen LogP contribution in [0.3, 0.4) is 0 Å². The lowest BCUT2D eigenvalue weighted by Crippen LogP contribution is -2.43. The van der Waals surface area contributed by atoms with Gasteiger partial charge >= 0.3 is 5.97 Å². The first-order valence-electron chi connectivity index (χ1n) is 6.56. The summed E-state index contributed by atoms with van der Waals surface area (Å²) in [5, 5.41) is 3.73. The van der Waals surface area contributed by atoms with Gasteiger partial charge in [-0.15, -0.1) is 12.4 Å². The molecule has 1 atom stereocenters. The number of hydrogen-bond donors (Lipinski definition) is 1. The van der Waals surface area contributed by atoms with Crippen LogP contribution in [0.15, 0.2) is 23.4 Å². The number of nitrogens with two attached hydrogens (primary N) is 1. The van der Waals surface area contributed by atoms with Gasteiger partial charge in [0, 0.05) is 19.4 Å². The van der Waals surface area contributed by atoms with E-state index < -0.39 is 23.2 Å². The zero-order valence-corrected chi connectivity index (χ0v) is 12.8. The monoisotopic (exact) mass is 334 g/mol. The third-order valence-corrected chi connectivity index (χ3v) is 3.23. The highest BCUT2D eigenvalue weighted by Gasteiger charge is 2.48. The summed E-state index contributed by atoms with van der Waals surface area (Å²) in [4.78, 5) is 17.4. The molecule has 1 aliphatic heterocycles. The summed E-state index contributed by atoms with van der Waals surface area (Å²) >= 11 is 0. The average Bonchev–Trinajstić information content (AvgIpc) is 2.89. The molecule has 1 unspecified atom stereocenters. The molecule has 1 aliphatic rings. The van der Waals surface area contributed by atoms with Gasteiger partial charge in [0.25, 0.3) is 0 Å². The first-order chi connectivity index (χ1) is 10.0. The van der Waals surface area contributed by atoms with Gasteiger partial charge in [0.05, 0.1) is 12.3 Å². The Morgan fingerprint density at radius 2 is 2.23 bits per heavy atom. The molecule has 1 aromatic carbocycles. The molecule has 2 rings (SSSR count). The van der Waals surface area contributed by atoms with E-state index in [0.717, 1.165) is 6.07 Å². The molecule has 0 fully saturated rings. The Hall–Kier alpha value is -1.73. The number of ether oxygens (including phenoxy) is 1. The second-order valence-corrected chi connectivity index (χ2v) is 4.73. The van der Waals surface area contributed by atoms with Crippen LogP contribution in [-0.2, 0) is 20.8 Å². The summed E-state index contributed by atoms with van der Waals surface area (Å²) in [6.07, 6.45) is -0.0826. The van der Waals surface area contributed by atoms with Crippen LogP contribution in [0, 0.1) is 11.6 Å². The van der Waals surface area contributed by atoms with E-state index in [-0.39, 0.29) is 44.0 Å². The molecule has 0 saturated carbocycles. The Kier molecular flexibility index (Phi) is 6.25. The minimum Gasteiger partial charge on any atom is -0.463 e. The second kappa shape index (κ2) is 7.51. The minimum absolute atomic E-state index is 0. The number of esters is 1. The number of benzene rings is 1. The Balaban J connectivity index is 0.00000242. The van der Waals surface area contributed by atoms with Crippen LogP contribution in [0.2, 0.25) is 0 Å². The summed E-state index contributed by atoms with van der Waals surface area (Å²) < 4.78 is 32.1. The van der Waals surface area contributed by atoms with Gasteiger partial charge in [0.1, 0.15) is 0 Å². The SMILES string of the molecule is CCOC(=O)C1(Cc2cccc(F)c2F)CC(CN)=NO1.Cl. The zero-order valence-electron chi connectivity index (χ0n) is 12.0. The summed E-state index contributed by atoms with van der Waals surface area (Å²) in [5.74, 6) is -2.66. The first kappa shape index (κ1) is 18.3.